The summed E-state index contributed by atoms with van der Waals surface area (Å²) in [4.78, 5) is 4.59. The van der Waals surface area contributed by atoms with Gasteiger partial charge in [0.2, 0.25) is 0 Å². The minimum atomic E-state index is 0.630. The molecule has 0 bridgehead atoms. The molecule has 0 saturated heterocycles. The van der Waals surface area contributed by atoms with Crippen LogP contribution >= 0.6 is 38.9 Å². The van der Waals surface area contributed by atoms with Crippen molar-refractivity contribution in [2.24, 2.45) is 0 Å². The number of nitrogen functional groups attached to an aromatic ring is 1. The van der Waals surface area contributed by atoms with Crippen molar-refractivity contribution in [3.8, 4) is 10.6 Å². The predicted octanol–water partition coefficient (Wildman–Crippen LogP) is 4.96. The van der Waals surface area contributed by atoms with Gasteiger partial charge in [-0.25, -0.2) is 4.98 Å². The zero-order valence-electron chi connectivity index (χ0n) is 9.15. The van der Waals surface area contributed by atoms with Crippen LogP contribution in [-0.4, -0.2) is 4.98 Å². The van der Waals surface area contributed by atoms with E-state index in [0.29, 0.717) is 10.7 Å². The molecule has 18 heavy (non-hydrogen) atoms. The Morgan fingerprint density at radius 1 is 1.17 bits per heavy atom. The monoisotopic (exact) mass is 338 g/mol. The first-order chi connectivity index (χ1) is 8.61. The van der Waals surface area contributed by atoms with Gasteiger partial charge in [-0.15, -0.1) is 11.3 Å². The molecule has 3 aromatic rings. The molecule has 0 aliphatic carbocycles. The standard InChI is InChI=1S/C13H8BrClN2S/c14-8-1-2-11-12(5-8)18-13(17-11)7-3-9(15)6-10(16)4-7/h1-6H,16H2. The lowest BCUT2D eigenvalue weighted by atomic mass is 10.2. The van der Waals surface area contributed by atoms with Gasteiger partial charge in [0.15, 0.2) is 0 Å². The van der Waals surface area contributed by atoms with Crippen LogP contribution in [0.1, 0.15) is 0 Å². The normalized spacial score (nSPS) is 11.0. The van der Waals surface area contributed by atoms with Gasteiger partial charge in [-0.1, -0.05) is 27.5 Å². The lowest BCUT2D eigenvalue weighted by Crippen LogP contribution is -1.85. The lowest BCUT2D eigenvalue weighted by molar-refractivity contribution is 1.47. The van der Waals surface area contributed by atoms with E-state index in [1.165, 1.54) is 0 Å². The fourth-order valence-electron chi connectivity index (χ4n) is 1.76. The number of anilines is 1. The summed E-state index contributed by atoms with van der Waals surface area (Å²) >= 11 is 11.1. The van der Waals surface area contributed by atoms with Crippen LogP contribution in [0.5, 0.6) is 0 Å². The molecule has 2 N–H and O–H groups in total. The van der Waals surface area contributed by atoms with Crippen LogP contribution in [-0.2, 0) is 0 Å². The van der Waals surface area contributed by atoms with E-state index in [9.17, 15) is 0 Å². The molecule has 3 rings (SSSR count). The van der Waals surface area contributed by atoms with E-state index < -0.39 is 0 Å². The van der Waals surface area contributed by atoms with Gasteiger partial charge in [-0.05, 0) is 36.4 Å². The largest absolute Gasteiger partial charge is 0.399 e. The number of rotatable bonds is 1. The fraction of sp³-hybridized carbons (Fsp3) is 0. The maximum Gasteiger partial charge on any atom is 0.124 e. The van der Waals surface area contributed by atoms with Gasteiger partial charge >= 0.3 is 0 Å². The third-order valence-corrected chi connectivity index (χ3v) is 4.30. The maximum absolute atomic E-state index is 6.01. The molecule has 0 atom stereocenters. The SMILES string of the molecule is Nc1cc(Cl)cc(-c2nc3ccc(Br)cc3s2)c1. The molecule has 5 heteroatoms. The third kappa shape index (κ3) is 2.23. The highest BCUT2D eigenvalue weighted by Crippen LogP contribution is 2.33. The molecule has 0 aliphatic heterocycles. The maximum atomic E-state index is 6.01. The van der Waals surface area contributed by atoms with Gasteiger partial charge in [0.1, 0.15) is 5.01 Å². The van der Waals surface area contributed by atoms with Crippen LogP contribution in [0.3, 0.4) is 0 Å². The predicted molar refractivity (Wildman–Crippen MR) is 82.2 cm³/mol. The number of fused-ring (bicyclic) bond motifs is 1. The van der Waals surface area contributed by atoms with Gasteiger partial charge < -0.3 is 5.73 Å². The summed E-state index contributed by atoms with van der Waals surface area (Å²) in [6, 6.07) is 11.5. The summed E-state index contributed by atoms with van der Waals surface area (Å²) in [7, 11) is 0. The Labute approximate surface area is 122 Å². The van der Waals surface area contributed by atoms with Crippen molar-refractivity contribution in [1.82, 2.24) is 4.98 Å². The number of hydrogen-bond acceptors (Lipinski definition) is 3. The van der Waals surface area contributed by atoms with Crippen LogP contribution in [0.15, 0.2) is 40.9 Å². The molecule has 0 fully saturated rings. The second-order valence-corrected chi connectivity index (χ2v) is 6.29. The fourth-order valence-corrected chi connectivity index (χ4v) is 3.51. The smallest absolute Gasteiger partial charge is 0.124 e. The summed E-state index contributed by atoms with van der Waals surface area (Å²) < 4.78 is 2.19. The molecule has 0 spiro atoms. The van der Waals surface area contributed by atoms with Crippen LogP contribution in [0, 0.1) is 0 Å². The number of halogens is 2. The van der Waals surface area contributed by atoms with Crippen molar-refractivity contribution in [2.75, 3.05) is 5.73 Å². The molecule has 0 unspecified atom stereocenters. The summed E-state index contributed by atoms with van der Waals surface area (Å²) in [5.41, 5.74) is 8.39. The quantitative estimate of drug-likeness (QED) is 0.636. The number of benzene rings is 2. The lowest BCUT2D eigenvalue weighted by Gasteiger charge is -1.99. The van der Waals surface area contributed by atoms with Gasteiger partial charge in [0, 0.05) is 20.7 Å². The molecule has 1 heterocycles. The first-order valence-electron chi connectivity index (χ1n) is 5.24. The number of aromatic nitrogens is 1. The summed E-state index contributed by atoms with van der Waals surface area (Å²) in [6.45, 7) is 0. The molecule has 2 nitrogen and oxygen atoms in total. The summed E-state index contributed by atoms with van der Waals surface area (Å²) in [5, 5.41) is 1.56. The third-order valence-electron chi connectivity index (χ3n) is 2.52. The van der Waals surface area contributed by atoms with Crippen LogP contribution in [0.25, 0.3) is 20.8 Å². The van der Waals surface area contributed by atoms with Crippen molar-refractivity contribution >= 4 is 54.8 Å². The van der Waals surface area contributed by atoms with E-state index in [1.54, 1.807) is 17.4 Å². The van der Waals surface area contributed by atoms with E-state index in [4.69, 9.17) is 17.3 Å². The molecule has 0 aliphatic rings. The Morgan fingerprint density at radius 2 is 2.00 bits per heavy atom. The average molecular weight is 340 g/mol. The van der Waals surface area contributed by atoms with Crippen LogP contribution in [0.2, 0.25) is 5.02 Å². The minimum Gasteiger partial charge on any atom is -0.399 e. The molecule has 2 aromatic carbocycles. The molecule has 1 aromatic heterocycles. The average Bonchev–Trinajstić information content (AvgIpc) is 2.70. The van der Waals surface area contributed by atoms with Crippen LogP contribution in [0.4, 0.5) is 5.69 Å². The van der Waals surface area contributed by atoms with Crippen molar-refractivity contribution in [1.29, 1.82) is 0 Å². The molecule has 90 valence electrons. The van der Waals surface area contributed by atoms with Gasteiger partial charge in [-0.3, -0.25) is 0 Å². The van der Waals surface area contributed by atoms with E-state index >= 15 is 0 Å². The second kappa shape index (κ2) is 4.53. The Hall–Kier alpha value is -1.10. The van der Waals surface area contributed by atoms with Crippen molar-refractivity contribution in [3.05, 3.63) is 45.9 Å². The van der Waals surface area contributed by atoms with Gasteiger partial charge in [0.05, 0.1) is 10.2 Å². The van der Waals surface area contributed by atoms with Crippen molar-refractivity contribution in [3.63, 3.8) is 0 Å². The summed E-state index contributed by atoms with van der Waals surface area (Å²) in [5.74, 6) is 0. The molecular formula is C13H8BrClN2S. The van der Waals surface area contributed by atoms with Crippen molar-refractivity contribution in [2.45, 2.75) is 0 Å². The highest BCUT2D eigenvalue weighted by atomic mass is 79.9. The second-order valence-electron chi connectivity index (χ2n) is 3.90. The first-order valence-corrected chi connectivity index (χ1v) is 7.23. The minimum absolute atomic E-state index is 0.630. The van der Waals surface area contributed by atoms with Crippen molar-refractivity contribution < 1.29 is 0 Å². The Bertz CT molecular complexity index is 719. The zero-order chi connectivity index (χ0) is 12.7. The number of hydrogen-bond donors (Lipinski definition) is 1. The Balaban J connectivity index is 2.19. The topological polar surface area (TPSA) is 38.9 Å². The molecule has 0 amide bonds. The zero-order valence-corrected chi connectivity index (χ0v) is 12.3. The number of thiazole rings is 1. The Kier molecular flexibility index (Phi) is 3.01. The van der Waals surface area contributed by atoms with E-state index in [1.807, 2.05) is 24.3 Å². The molecule has 0 saturated carbocycles. The molecular weight excluding hydrogens is 332 g/mol. The van der Waals surface area contributed by atoms with Gasteiger partial charge in [0.25, 0.3) is 0 Å². The van der Waals surface area contributed by atoms with E-state index in [-0.39, 0.29) is 0 Å². The van der Waals surface area contributed by atoms with Crippen LogP contribution < -0.4 is 5.73 Å². The Morgan fingerprint density at radius 3 is 2.78 bits per heavy atom. The van der Waals surface area contributed by atoms with E-state index in [2.05, 4.69) is 27.0 Å². The summed E-state index contributed by atoms with van der Waals surface area (Å²) in [6.07, 6.45) is 0. The molecule has 0 radical (unpaired) electrons. The first kappa shape index (κ1) is 12.0. The highest BCUT2D eigenvalue weighted by Gasteiger charge is 2.08. The van der Waals surface area contributed by atoms with E-state index in [0.717, 1.165) is 25.3 Å². The number of nitrogens with two attached hydrogens (primary N) is 1. The van der Waals surface area contributed by atoms with Gasteiger partial charge in [-0.2, -0.15) is 0 Å². The number of nitrogens with zero attached hydrogens (tertiary/aromatic N) is 1. The highest BCUT2D eigenvalue weighted by molar-refractivity contribution is 9.10.